The Morgan fingerprint density at radius 2 is 1.78 bits per heavy atom. The summed E-state index contributed by atoms with van der Waals surface area (Å²) in [6.45, 7) is 6.02. The molecule has 0 atom stereocenters. The van der Waals surface area contributed by atoms with Gasteiger partial charge in [-0.1, -0.05) is 32.0 Å². The molecule has 0 unspecified atom stereocenters. The van der Waals surface area contributed by atoms with Gasteiger partial charge in [-0.25, -0.2) is 13.1 Å². The maximum atomic E-state index is 13.0. The van der Waals surface area contributed by atoms with E-state index in [1.54, 1.807) is 0 Å². The van der Waals surface area contributed by atoms with Crippen LogP contribution in [0.4, 0.5) is 0 Å². The number of benzene rings is 1. The van der Waals surface area contributed by atoms with E-state index < -0.39 is 15.6 Å². The molecule has 3 N–H and O–H groups in total. The Morgan fingerprint density at radius 3 is 2.30 bits per heavy atom. The molecule has 0 aliphatic rings. The molecule has 1 heterocycles. The fraction of sp³-hybridized carbons (Fsp3) is 0.500. The fourth-order valence-corrected chi connectivity index (χ4v) is 4.92. The van der Waals surface area contributed by atoms with Crippen molar-refractivity contribution in [2.75, 3.05) is 6.54 Å². The van der Waals surface area contributed by atoms with Crippen molar-refractivity contribution in [1.29, 1.82) is 0 Å². The molecule has 0 saturated heterocycles. The first kappa shape index (κ1) is 20.0. The highest BCUT2D eigenvalue weighted by atomic mass is 35.5. The van der Waals surface area contributed by atoms with Gasteiger partial charge in [-0.05, 0) is 25.8 Å². The summed E-state index contributed by atoms with van der Waals surface area (Å²) >= 11 is 0. The van der Waals surface area contributed by atoms with E-state index in [0.717, 1.165) is 16.6 Å². The van der Waals surface area contributed by atoms with Crippen LogP contribution in [0.15, 0.2) is 29.2 Å². The van der Waals surface area contributed by atoms with Gasteiger partial charge < -0.3 is 10.3 Å². The minimum absolute atomic E-state index is 0. The number of rotatable bonds is 6. The number of nitrogens with zero attached hydrogens (tertiary/aromatic N) is 1. The molecule has 1 aromatic heterocycles. The van der Waals surface area contributed by atoms with E-state index in [1.807, 2.05) is 56.7 Å². The van der Waals surface area contributed by atoms with Crippen LogP contribution in [0.25, 0.3) is 10.9 Å². The van der Waals surface area contributed by atoms with E-state index in [4.69, 9.17) is 5.73 Å². The van der Waals surface area contributed by atoms with Crippen LogP contribution in [0.5, 0.6) is 0 Å². The average Bonchev–Trinajstić information content (AvgIpc) is 2.77. The number of sulfonamides is 1. The molecule has 0 fully saturated rings. The van der Waals surface area contributed by atoms with Crippen molar-refractivity contribution in [3.63, 3.8) is 0 Å². The summed E-state index contributed by atoms with van der Waals surface area (Å²) in [4.78, 5) is 0.352. The van der Waals surface area contributed by atoms with Crippen LogP contribution >= 0.6 is 12.4 Å². The number of aryl methyl sites for hydroxylation is 1. The van der Waals surface area contributed by atoms with Crippen molar-refractivity contribution in [1.82, 2.24) is 9.29 Å². The van der Waals surface area contributed by atoms with Crippen LogP contribution in [0.1, 0.15) is 32.4 Å². The van der Waals surface area contributed by atoms with Crippen molar-refractivity contribution < 1.29 is 8.42 Å². The highest BCUT2D eigenvalue weighted by molar-refractivity contribution is 7.89. The van der Waals surface area contributed by atoms with E-state index >= 15 is 0 Å². The minimum Gasteiger partial charge on any atom is -0.347 e. The van der Waals surface area contributed by atoms with Gasteiger partial charge in [-0.15, -0.1) is 12.4 Å². The zero-order chi connectivity index (χ0) is 16.5. The third kappa shape index (κ3) is 3.40. The molecule has 2 aromatic rings. The Hall–Kier alpha value is -1.08. The molecular weight excluding hydrogens is 334 g/mol. The number of hydrogen-bond acceptors (Lipinski definition) is 3. The van der Waals surface area contributed by atoms with Crippen LogP contribution < -0.4 is 10.5 Å². The smallest absolute Gasteiger partial charge is 0.243 e. The highest BCUT2D eigenvalue weighted by Crippen LogP contribution is 2.30. The van der Waals surface area contributed by atoms with Crippen molar-refractivity contribution in [3.8, 4) is 0 Å². The van der Waals surface area contributed by atoms with Crippen LogP contribution in [0, 0.1) is 6.92 Å². The summed E-state index contributed by atoms with van der Waals surface area (Å²) in [7, 11) is -1.76. The molecule has 0 radical (unpaired) electrons. The minimum atomic E-state index is -3.64. The molecule has 5 nitrogen and oxygen atoms in total. The first-order valence-electron chi connectivity index (χ1n) is 7.60. The third-order valence-electron chi connectivity index (χ3n) is 4.71. The number of para-hydroxylation sites is 1. The quantitative estimate of drug-likeness (QED) is 0.832. The molecule has 0 spiro atoms. The lowest BCUT2D eigenvalue weighted by Crippen LogP contribution is -2.52. The summed E-state index contributed by atoms with van der Waals surface area (Å²) in [5.41, 5.74) is 6.88. The molecule has 2 rings (SSSR count). The molecule has 7 heteroatoms. The van der Waals surface area contributed by atoms with Crippen LogP contribution in [0.3, 0.4) is 0 Å². The standard InChI is InChI=1S/C16H25N3O2S.ClH/c1-5-16(6-2,11-17)18-22(20,21)15-12(3)19(4)14-10-8-7-9-13(14)15;/h7-10,18H,5-6,11,17H2,1-4H3;1H. The maximum Gasteiger partial charge on any atom is 0.243 e. The molecule has 0 aliphatic heterocycles. The van der Waals surface area contributed by atoms with E-state index in [2.05, 4.69) is 4.72 Å². The monoisotopic (exact) mass is 359 g/mol. The maximum absolute atomic E-state index is 13.0. The van der Waals surface area contributed by atoms with Gasteiger partial charge in [0.1, 0.15) is 4.90 Å². The topological polar surface area (TPSA) is 77.1 Å². The van der Waals surface area contributed by atoms with Gasteiger partial charge in [0, 0.05) is 35.7 Å². The summed E-state index contributed by atoms with van der Waals surface area (Å²) < 4.78 is 30.7. The molecule has 0 amide bonds. The second kappa shape index (κ2) is 7.21. The first-order chi connectivity index (χ1) is 10.3. The van der Waals surface area contributed by atoms with E-state index in [0.29, 0.717) is 17.7 Å². The molecule has 130 valence electrons. The predicted molar refractivity (Wildman–Crippen MR) is 97.6 cm³/mol. The zero-order valence-electron chi connectivity index (χ0n) is 14.1. The van der Waals surface area contributed by atoms with E-state index in [1.165, 1.54) is 0 Å². The predicted octanol–water partition coefficient (Wildman–Crippen LogP) is 2.70. The zero-order valence-corrected chi connectivity index (χ0v) is 15.7. The van der Waals surface area contributed by atoms with Gasteiger partial charge in [-0.2, -0.15) is 0 Å². The Balaban J connectivity index is 0.00000264. The summed E-state index contributed by atoms with van der Waals surface area (Å²) in [6, 6.07) is 7.54. The van der Waals surface area contributed by atoms with Gasteiger partial charge in [0.2, 0.25) is 10.0 Å². The summed E-state index contributed by atoms with van der Waals surface area (Å²) in [5.74, 6) is 0. The number of aromatic nitrogens is 1. The SMILES string of the molecule is CCC(CC)(CN)NS(=O)(=O)c1c(C)n(C)c2ccccc12.Cl. The van der Waals surface area contributed by atoms with E-state index in [-0.39, 0.29) is 19.0 Å². The number of nitrogens with two attached hydrogens (primary N) is 1. The van der Waals surface area contributed by atoms with Gasteiger partial charge >= 0.3 is 0 Å². The van der Waals surface area contributed by atoms with Crippen LogP contribution in [0.2, 0.25) is 0 Å². The van der Waals surface area contributed by atoms with Crippen molar-refractivity contribution >= 4 is 33.3 Å². The number of hydrogen-bond donors (Lipinski definition) is 2. The number of fused-ring (bicyclic) bond motifs is 1. The largest absolute Gasteiger partial charge is 0.347 e. The van der Waals surface area contributed by atoms with Crippen molar-refractivity contribution in [2.45, 2.75) is 44.0 Å². The molecule has 1 aromatic carbocycles. The molecule has 0 bridgehead atoms. The molecular formula is C16H26ClN3O2S. The Kier molecular flexibility index (Phi) is 6.26. The molecule has 0 saturated carbocycles. The second-order valence-electron chi connectivity index (χ2n) is 5.79. The van der Waals surface area contributed by atoms with Gasteiger partial charge in [-0.3, -0.25) is 0 Å². The van der Waals surface area contributed by atoms with Gasteiger partial charge in [0.05, 0.1) is 0 Å². The molecule has 0 aliphatic carbocycles. The summed E-state index contributed by atoms with van der Waals surface area (Å²) in [5, 5.41) is 0.744. The number of halogens is 1. The normalized spacial score (nSPS) is 12.4. The average molecular weight is 360 g/mol. The third-order valence-corrected chi connectivity index (χ3v) is 6.46. The highest BCUT2D eigenvalue weighted by Gasteiger charge is 2.33. The van der Waals surface area contributed by atoms with Gasteiger partial charge in [0.25, 0.3) is 0 Å². The van der Waals surface area contributed by atoms with Crippen molar-refractivity contribution in [2.24, 2.45) is 12.8 Å². The second-order valence-corrected chi connectivity index (χ2v) is 7.41. The van der Waals surface area contributed by atoms with E-state index in [9.17, 15) is 8.42 Å². The first-order valence-corrected chi connectivity index (χ1v) is 9.08. The van der Waals surface area contributed by atoms with Gasteiger partial charge in [0.15, 0.2) is 0 Å². The lowest BCUT2D eigenvalue weighted by molar-refractivity contribution is 0.363. The molecule has 23 heavy (non-hydrogen) atoms. The fourth-order valence-electron chi connectivity index (χ4n) is 2.89. The van der Waals surface area contributed by atoms with Crippen LogP contribution in [-0.2, 0) is 17.1 Å². The Bertz CT molecular complexity index is 772. The summed E-state index contributed by atoms with van der Waals surface area (Å²) in [6.07, 6.45) is 1.31. The van der Waals surface area contributed by atoms with Crippen LogP contribution in [-0.4, -0.2) is 25.1 Å². The lowest BCUT2D eigenvalue weighted by Gasteiger charge is -2.31. The van der Waals surface area contributed by atoms with Crippen molar-refractivity contribution in [3.05, 3.63) is 30.0 Å². The lowest BCUT2D eigenvalue weighted by atomic mass is 9.95. The Morgan fingerprint density at radius 1 is 1.22 bits per heavy atom. The Labute approximate surface area is 144 Å². The number of nitrogens with one attached hydrogen (secondary N) is 1.